The van der Waals surface area contributed by atoms with Gasteiger partial charge in [0, 0.05) is 12.5 Å². The van der Waals surface area contributed by atoms with E-state index in [1.165, 1.54) is 6.08 Å². The number of nitriles is 2. The molecule has 0 heterocycles. The summed E-state index contributed by atoms with van der Waals surface area (Å²) >= 11 is 0. The number of aromatic hydroxyl groups is 1. The minimum Gasteiger partial charge on any atom is -0.519 e. The largest absolute Gasteiger partial charge is 0.519 e. The number of phenolic OH excluding ortho intramolecular Hbond substituents is 1. The van der Waals surface area contributed by atoms with Gasteiger partial charge < -0.3 is 5.11 Å². The van der Waals surface area contributed by atoms with Crippen LogP contribution in [0.4, 0.5) is 42.1 Å². The molecule has 0 unspecified atom stereocenters. The standard InChI is InChI=1S/C8H3F4N.C8H4F3NO.C4H7N.C4H5N.C2H6/c1-13-7-3-2-5(4-6(7)9)8(10,11)12;1-12-6-3-2-5(4-7(6)13)8(9,10)11;2*1-2-3-4-5;1-2/h2-4H;2-4,13H;2-3H2,1H3;2-3H,1H3;1-2H3. The van der Waals surface area contributed by atoms with Crippen LogP contribution in [-0.4, -0.2) is 5.11 Å². The van der Waals surface area contributed by atoms with Gasteiger partial charge in [0.25, 0.3) is 0 Å². The lowest BCUT2D eigenvalue weighted by atomic mass is 10.2. The normalized spacial score (nSPS) is 9.55. The van der Waals surface area contributed by atoms with Crippen molar-refractivity contribution in [2.24, 2.45) is 0 Å². The lowest BCUT2D eigenvalue weighted by Crippen LogP contribution is -2.04. The molecule has 0 spiro atoms. The van der Waals surface area contributed by atoms with E-state index in [0.29, 0.717) is 24.6 Å². The highest BCUT2D eigenvalue weighted by atomic mass is 19.4. The van der Waals surface area contributed by atoms with Crippen LogP contribution in [0.25, 0.3) is 9.69 Å². The lowest BCUT2D eigenvalue weighted by molar-refractivity contribution is -0.138. The molecule has 38 heavy (non-hydrogen) atoms. The minimum atomic E-state index is -4.57. The van der Waals surface area contributed by atoms with Crippen molar-refractivity contribution in [2.45, 2.75) is 52.9 Å². The Morgan fingerprint density at radius 3 is 1.58 bits per heavy atom. The number of halogens is 7. The zero-order chi connectivity index (χ0) is 30.4. The van der Waals surface area contributed by atoms with Crippen molar-refractivity contribution in [1.82, 2.24) is 0 Å². The van der Waals surface area contributed by atoms with E-state index in [0.717, 1.165) is 24.6 Å². The van der Waals surface area contributed by atoms with E-state index in [9.17, 15) is 30.7 Å². The van der Waals surface area contributed by atoms with Crippen LogP contribution >= 0.6 is 0 Å². The number of alkyl halides is 6. The van der Waals surface area contributed by atoms with Crippen LogP contribution in [-0.2, 0) is 12.4 Å². The molecule has 0 amide bonds. The average Bonchev–Trinajstić information content (AvgIpc) is 2.86. The number of nitrogens with zero attached hydrogens (tertiary/aromatic N) is 4. The van der Waals surface area contributed by atoms with Gasteiger partial charge >= 0.3 is 12.4 Å². The summed E-state index contributed by atoms with van der Waals surface area (Å²) in [6.07, 6.45) is -4.25. The molecule has 2 aromatic carbocycles. The van der Waals surface area contributed by atoms with Crippen molar-refractivity contribution in [3.05, 3.63) is 88.3 Å². The van der Waals surface area contributed by atoms with Gasteiger partial charge in [0.1, 0.15) is 11.6 Å². The first-order chi connectivity index (χ1) is 17.7. The van der Waals surface area contributed by atoms with Gasteiger partial charge in [-0.05, 0) is 25.5 Å². The molecule has 0 radical (unpaired) electrons. The van der Waals surface area contributed by atoms with Crippen molar-refractivity contribution in [2.75, 3.05) is 0 Å². The number of benzene rings is 2. The quantitative estimate of drug-likeness (QED) is 0.221. The first-order valence-corrected chi connectivity index (χ1v) is 10.6. The molecule has 0 aliphatic rings. The van der Waals surface area contributed by atoms with E-state index in [1.807, 2.05) is 39.8 Å². The topological polar surface area (TPSA) is 76.5 Å². The molecule has 0 aliphatic carbocycles. The Morgan fingerprint density at radius 2 is 1.34 bits per heavy atom. The summed E-state index contributed by atoms with van der Waals surface area (Å²) in [6, 6.07) is 7.88. The molecule has 0 atom stereocenters. The van der Waals surface area contributed by atoms with E-state index in [4.69, 9.17) is 28.8 Å². The summed E-state index contributed by atoms with van der Waals surface area (Å²) in [5.41, 5.74) is -2.64. The second-order valence-corrected chi connectivity index (χ2v) is 6.13. The monoisotopic (exact) mass is 542 g/mol. The average molecular weight is 542 g/mol. The highest BCUT2D eigenvalue weighted by Gasteiger charge is 2.31. The molecular weight excluding hydrogens is 517 g/mol. The van der Waals surface area contributed by atoms with E-state index in [-0.39, 0.29) is 5.69 Å². The van der Waals surface area contributed by atoms with E-state index in [1.54, 1.807) is 6.08 Å². The molecule has 12 heteroatoms. The second-order valence-electron chi connectivity index (χ2n) is 6.13. The predicted molar refractivity (Wildman–Crippen MR) is 129 cm³/mol. The Morgan fingerprint density at radius 1 is 0.895 bits per heavy atom. The third-order valence-corrected chi connectivity index (χ3v) is 3.42. The number of hydrogen-bond donors (Lipinski definition) is 1. The summed E-state index contributed by atoms with van der Waals surface area (Å²) in [6.45, 7) is 20.7. The first kappa shape index (κ1) is 38.0. The van der Waals surface area contributed by atoms with Gasteiger partial charge in [-0.25, -0.2) is 14.1 Å². The summed E-state index contributed by atoms with van der Waals surface area (Å²) in [7, 11) is 0. The van der Waals surface area contributed by atoms with Gasteiger partial charge in [0.15, 0.2) is 0 Å². The molecular formula is C26H25F7N4O. The highest BCUT2D eigenvalue weighted by molar-refractivity contribution is 5.58. The van der Waals surface area contributed by atoms with Gasteiger partial charge in [-0.2, -0.15) is 36.9 Å². The van der Waals surface area contributed by atoms with Gasteiger partial charge in [-0.15, -0.1) is 0 Å². The third-order valence-electron chi connectivity index (χ3n) is 3.42. The zero-order valence-corrected chi connectivity index (χ0v) is 20.9. The fourth-order valence-corrected chi connectivity index (χ4v) is 1.75. The second kappa shape index (κ2) is 20.6. The minimum absolute atomic E-state index is 0.187. The molecule has 0 aliphatic heterocycles. The Labute approximate surface area is 217 Å². The Bertz CT molecular complexity index is 1090. The molecule has 2 aromatic rings. The maximum atomic E-state index is 12.7. The number of phenols is 1. The van der Waals surface area contributed by atoms with Crippen LogP contribution in [0.2, 0.25) is 0 Å². The van der Waals surface area contributed by atoms with Gasteiger partial charge in [-0.1, -0.05) is 51.1 Å². The van der Waals surface area contributed by atoms with E-state index < -0.39 is 40.7 Å². The predicted octanol–water partition coefficient (Wildman–Crippen LogP) is 9.78. The van der Waals surface area contributed by atoms with Crippen molar-refractivity contribution >= 4 is 11.4 Å². The molecule has 5 nitrogen and oxygen atoms in total. The smallest absolute Gasteiger partial charge is 0.416 e. The molecule has 0 bridgehead atoms. The fraction of sp³-hybridized carbons (Fsp3) is 0.308. The van der Waals surface area contributed by atoms with Crippen LogP contribution in [0.5, 0.6) is 5.75 Å². The van der Waals surface area contributed by atoms with Crippen LogP contribution in [0.15, 0.2) is 48.6 Å². The van der Waals surface area contributed by atoms with Crippen molar-refractivity contribution < 1.29 is 35.8 Å². The number of allylic oxidation sites excluding steroid dienone is 2. The van der Waals surface area contributed by atoms with E-state index in [2.05, 4.69) is 9.69 Å². The van der Waals surface area contributed by atoms with Crippen LogP contribution in [0.1, 0.15) is 51.7 Å². The first-order valence-electron chi connectivity index (χ1n) is 10.6. The molecule has 1 N–H and O–H groups in total. The SMILES string of the molecule is CC.CC=CC#N.CCCC#N.[C-]#[N+]c1ccc(C(F)(F)F)cc1F.[C-]#[N+]c1ccc(C(F)(F)F)cc1O. The number of hydrogen-bond acceptors (Lipinski definition) is 3. The summed E-state index contributed by atoms with van der Waals surface area (Å²) in [5.74, 6) is -1.80. The molecule has 2 rings (SSSR count). The number of rotatable bonds is 1. The fourth-order valence-electron chi connectivity index (χ4n) is 1.75. The van der Waals surface area contributed by atoms with Gasteiger partial charge in [-0.3, -0.25) is 0 Å². The third kappa shape index (κ3) is 17.0. The van der Waals surface area contributed by atoms with Crippen molar-refractivity contribution in [1.29, 1.82) is 10.5 Å². The van der Waals surface area contributed by atoms with E-state index >= 15 is 0 Å². The Hall–Kier alpha value is -4.55. The van der Waals surface area contributed by atoms with Gasteiger partial charge in [0.05, 0.1) is 36.4 Å². The maximum Gasteiger partial charge on any atom is 0.416 e. The van der Waals surface area contributed by atoms with Crippen LogP contribution in [0.3, 0.4) is 0 Å². The van der Waals surface area contributed by atoms with Gasteiger partial charge in [0.2, 0.25) is 11.4 Å². The van der Waals surface area contributed by atoms with Crippen LogP contribution in [0, 0.1) is 41.6 Å². The summed E-state index contributed by atoms with van der Waals surface area (Å²) < 4.78 is 84.6. The molecule has 204 valence electrons. The Kier molecular flexibility index (Phi) is 20.6. The molecule has 0 aromatic heterocycles. The van der Waals surface area contributed by atoms with Crippen molar-refractivity contribution in [3.8, 4) is 17.9 Å². The zero-order valence-electron chi connectivity index (χ0n) is 20.9. The van der Waals surface area contributed by atoms with Crippen LogP contribution < -0.4 is 0 Å². The molecule has 0 saturated heterocycles. The molecule has 0 saturated carbocycles. The maximum absolute atomic E-state index is 12.7. The van der Waals surface area contributed by atoms with Crippen molar-refractivity contribution in [3.63, 3.8) is 0 Å². The number of unbranched alkanes of at least 4 members (excludes halogenated alkanes) is 1. The molecule has 0 fully saturated rings. The summed E-state index contributed by atoms with van der Waals surface area (Å²) in [4.78, 5) is 5.53. The highest BCUT2D eigenvalue weighted by Crippen LogP contribution is 2.35. The Balaban J connectivity index is -0.000000459. The summed E-state index contributed by atoms with van der Waals surface area (Å²) in [5, 5.41) is 24.5. The lowest BCUT2D eigenvalue weighted by Gasteiger charge is -2.06.